The Morgan fingerprint density at radius 3 is 2.35 bits per heavy atom. The summed E-state index contributed by atoms with van der Waals surface area (Å²) in [6, 6.07) is 11.4. The van der Waals surface area contributed by atoms with Gasteiger partial charge in [0, 0.05) is 12.6 Å². The molecule has 1 aromatic carbocycles. The molecule has 1 heteroatoms. The predicted molar refractivity (Wildman–Crippen MR) is 76.3 cm³/mol. The van der Waals surface area contributed by atoms with Crippen LogP contribution in [0.25, 0.3) is 0 Å². The van der Waals surface area contributed by atoms with Crippen molar-refractivity contribution < 1.29 is 0 Å². The summed E-state index contributed by atoms with van der Waals surface area (Å²) in [5, 5.41) is 3.64. The first kappa shape index (κ1) is 14.2. The standard InChI is InChI=1S/C16H27N/c1-5-14(3)17-13-16(4,6-2)12-15-10-8-7-9-11-15/h7-11,14,17H,5-6,12-13H2,1-4H3. The average molecular weight is 233 g/mol. The highest BCUT2D eigenvalue weighted by Gasteiger charge is 2.22. The first-order chi connectivity index (χ1) is 8.09. The summed E-state index contributed by atoms with van der Waals surface area (Å²) in [6.07, 6.45) is 3.57. The number of nitrogens with one attached hydrogen (secondary N) is 1. The molecule has 96 valence electrons. The SMILES string of the molecule is CCC(C)NCC(C)(CC)Cc1ccccc1. The van der Waals surface area contributed by atoms with Gasteiger partial charge in [-0.2, -0.15) is 0 Å². The van der Waals surface area contributed by atoms with E-state index in [2.05, 4.69) is 63.3 Å². The lowest BCUT2D eigenvalue weighted by atomic mass is 9.81. The molecule has 0 bridgehead atoms. The molecule has 17 heavy (non-hydrogen) atoms. The third kappa shape index (κ3) is 4.91. The van der Waals surface area contributed by atoms with E-state index in [9.17, 15) is 0 Å². The fourth-order valence-electron chi connectivity index (χ4n) is 1.97. The Hall–Kier alpha value is -0.820. The highest BCUT2D eigenvalue weighted by molar-refractivity contribution is 5.16. The van der Waals surface area contributed by atoms with Crippen LogP contribution in [0, 0.1) is 5.41 Å². The molecule has 2 atom stereocenters. The van der Waals surface area contributed by atoms with E-state index in [4.69, 9.17) is 0 Å². The van der Waals surface area contributed by atoms with Gasteiger partial charge in [-0.3, -0.25) is 0 Å². The quantitative estimate of drug-likeness (QED) is 0.749. The third-order valence-electron chi connectivity index (χ3n) is 3.82. The van der Waals surface area contributed by atoms with Crippen molar-refractivity contribution in [1.82, 2.24) is 5.32 Å². The summed E-state index contributed by atoms with van der Waals surface area (Å²) < 4.78 is 0. The van der Waals surface area contributed by atoms with Crippen LogP contribution in [0.4, 0.5) is 0 Å². The Bertz CT molecular complexity index is 307. The zero-order valence-electron chi connectivity index (χ0n) is 11.8. The Morgan fingerprint density at radius 2 is 1.82 bits per heavy atom. The molecule has 0 spiro atoms. The van der Waals surface area contributed by atoms with Gasteiger partial charge < -0.3 is 5.32 Å². The smallest absolute Gasteiger partial charge is 0.00363 e. The van der Waals surface area contributed by atoms with E-state index in [1.807, 2.05) is 0 Å². The lowest BCUT2D eigenvalue weighted by Crippen LogP contribution is -2.37. The van der Waals surface area contributed by atoms with Crippen molar-refractivity contribution in [2.75, 3.05) is 6.54 Å². The van der Waals surface area contributed by atoms with Crippen LogP contribution in [-0.2, 0) is 6.42 Å². The van der Waals surface area contributed by atoms with Gasteiger partial charge in [0.2, 0.25) is 0 Å². The lowest BCUT2D eigenvalue weighted by molar-refractivity contribution is 0.276. The van der Waals surface area contributed by atoms with Crippen molar-refractivity contribution in [3.05, 3.63) is 35.9 Å². The van der Waals surface area contributed by atoms with Crippen LogP contribution in [-0.4, -0.2) is 12.6 Å². The summed E-state index contributed by atoms with van der Waals surface area (Å²) in [7, 11) is 0. The van der Waals surface area contributed by atoms with Gasteiger partial charge in [0.25, 0.3) is 0 Å². The van der Waals surface area contributed by atoms with Crippen LogP contribution < -0.4 is 5.32 Å². The zero-order valence-corrected chi connectivity index (χ0v) is 11.8. The molecule has 0 aromatic heterocycles. The minimum atomic E-state index is 0.366. The van der Waals surface area contributed by atoms with E-state index in [0.717, 1.165) is 13.0 Å². The lowest BCUT2D eigenvalue weighted by Gasteiger charge is -2.30. The van der Waals surface area contributed by atoms with E-state index in [1.54, 1.807) is 0 Å². The number of benzene rings is 1. The first-order valence-corrected chi connectivity index (χ1v) is 6.87. The molecule has 1 nitrogen and oxygen atoms in total. The highest BCUT2D eigenvalue weighted by atomic mass is 14.9. The average Bonchev–Trinajstić information content (AvgIpc) is 2.37. The Kier molecular flexibility index (Phi) is 5.70. The third-order valence-corrected chi connectivity index (χ3v) is 3.82. The van der Waals surface area contributed by atoms with Crippen molar-refractivity contribution in [1.29, 1.82) is 0 Å². The maximum atomic E-state index is 3.64. The molecule has 2 unspecified atom stereocenters. The van der Waals surface area contributed by atoms with Crippen molar-refractivity contribution in [2.45, 2.75) is 53.0 Å². The number of rotatable bonds is 7. The normalized spacial score (nSPS) is 16.5. The molecule has 0 aliphatic heterocycles. The van der Waals surface area contributed by atoms with E-state index in [1.165, 1.54) is 18.4 Å². The molecule has 1 N–H and O–H groups in total. The summed E-state index contributed by atoms with van der Waals surface area (Å²) in [6.45, 7) is 10.3. The van der Waals surface area contributed by atoms with Crippen molar-refractivity contribution >= 4 is 0 Å². The van der Waals surface area contributed by atoms with Gasteiger partial charge >= 0.3 is 0 Å². The second kappa shape index (κ2) is 6.80. The van der Waals surface area contributed by atoms with Gasteiger partial charge in [0.1, 0.15) is 0 Å². The Balaban J connectivity index is 2.56. The Morgan fingerprint density at radius 1 is 1.18 bits per heavy atom. The fourth-order valence-corrected chi connectivity index (χ4v) is 1.97. The molecule has 0 saturated heterocycles. The topological polar surface area (TPSA) is 12.0 Å². The Labute approximate surface area is 107 Å². The summed E-state index contributed by atoms with van der Waals surface area (Å²) in [5.74, 6) is 0. The minimum absolute atomic E-state index is 0.366. The van der Waals surface area contributed by atoms with Crippen molar-refractivity contribution in [3.63, 3.8) is 0 Å². The summed E-state index contributed by atoms with van der Waals surface area (Å²) in [4.78, 5) is 0. The minimum Gasteiger partial charge on any atom is -0.314 e. The van der Waals surface area contributed by atoms with Crippen LogP contribution in [0.3, 0.4) is 0 Å². The van der Waals surface area contributed by atoms with E-state index >= 15 is 0 Å². The molecule has 0 saturated carbocycles. The van der Waals surface area contributed by atoms with Gasteiger partial charge in [-0.05, 0) is 37.2 Å². The summed E-state index contributed by atoms with van der Waals surface area (Å²) >= 11 is 0. The van der Waals surface area contributed by atoms with Gasteiger partial charge in [-0.15, -0.1) is 0 Å². The molecule has 1 aromatic rings. The second-order valence-corrected chi connectivity index (χ2v) is 5.52. The summed E-state index contributed by atoms with van der Waals surface area (Å²) in [5.41, 5.74) is 1.81. The fraction of sp³-hybridized carbons (Fsp3) is 0.625. The van der Waals surface area contributed by atoms with Crippen LogP contribution in [0.5, 0.6) is 0 Å². The van der Waals surface area contributed by atoms with Gasteiger partial charge in [-0.25, -0.2) is 0 Å². The molecule has 0 radical (unpaired) electrons. The predicted octanol–water partition coefficient (Wildman–Crippen LogP) is 4.03. The van der Waals surface area contributed by atoms with E-state index < -0.39 is 0 Å². The zero-order chi connectivity index (χ0) is 12.7. The molecule has 0 aliphatic carbocycles. The molecule has 0 amide bonds. The molecule has 0 aliphatic rings. The molecular formula is C16H27N. The maximum Gasteiger partial charge on any atom is 0.00363 e. The molecule has 0 heterocycles. The van der Waals surface area contributed by atoms with Crippen molar-refractivity contribution in [3.8, 4) is 0 Å². The van der Waals surface area contributed by atoms with Crippen LogP contribution in [0.1, 0.15) is 46.1 Å². The maximum absolute atomic E-state index is 3.64. The largest absolute Gasteiger partial charge is 0.314 e. The van der Waals surface area contributed by atoms with Gasteiger partial charge in [0.15, 0.2) is 0 Å². The molecular weight excluding hydrogens is 206 g/mol. The highest BCUT2D eigenvalue weighted by Crippen LogP contribution is 2.25. The van der Waals surface area contributed by atoms with Crippen LogP contribution in [0.2, 0.25) is 0 Å². The van der Waals surface area contributed by atoms with Crippen molar-refractivity contribution in [2.24, 2.45) is 5.41 Å². The van der Waals surface area contributed by atoms with Gasteiger partial charge in [0.05, 0.1) is 0 Å². The number of hydrogen-bond donors (Lipinski definition) is 1. The van der Waals surface area contributed by atoms with Crippen LogP contribution in [0.15, 0.2) is 30.3 Å². The number of hydrogen-bond acceptors (Lipinski definition) is 1. The van der Waals surface area contributed by atoms with E-state index in [0.29, 0.717) is 11.5 Å². The molecule has 0 fully saturated rings. The van der Waals surface area contributed by atoms with E-state index in [-0.39, 0.29) is 0 Å². The first-order valence-electron chi connectivity index (χ1n) is 6.87. The monoisotopic (exact) mass is 233 g/mol. The second-order valence-electron chi connectivity index (χ2n) is 5.52. The van der Waals surface area contributed by atoms with Crippen LogP contribution >= 0.6 is 0 Å². The van der Waals surface area contributed by atoms with Gasteiger partial charge in [-0.1, -0.05) is 51.1 Å². The molecule has 1 rings (SSSR count).